The van der Waals surface area contributed by atoms with Gasteiger partial charge in [-0.2, -0.15) is 0 Å². The van der Waals surface area contributed by atoms with Gasteiger partial charge in [-0.05, 0) is 50.1 Å². The SMILES string of the molecule is Cc1ccc(CNC(C)c2cccc(N3CCCC3=O)c2)o1. The first kappa shape index (κ1) is 14.9. The average molecular weight is 298 g/mol. The van der Waals surface area contributed by atoms with Crippen LogP contribution in [0.2, 0.25) is 0 Å². The number of amides is 1. The minimum absolute atomic E-state index is 0.197. The van der Waals surface area contributed by atoms with Crippen molar-refractivity contribution in [2.75, 3.05) is 11.4 Å². The van der Waals surface area contributed by atoms with E-state index in [9.17, 15) is 4.79 Å². The molecular formula is C18H22N2O2. The Hall–Kier alpha value is -2.07. The summed E-state index contributed by atoms with van der Waals surface area (Å²) in [6, 6.07) is 12.4. The van der Waals surface area contributed by atoms with Crippen molar-refractivity contribution >= 4 is 11.6 Å². The number of hydrogen-bond acceptors (Lipinski definition) is 3. The largest absolute Gasteiger partial charge is 0.465 e. The molecule has 4 heteroatoms. The highest BCUT2D eigenvalue weighted by atomic mass is 16.3. The molecule has 0 saturated carbocycles. The second-order valence-electron chi connectivity index (χ2n) is 5.86. The molecule has 1 atom stereocenters. The molecule has 4 nitrogen and oxygen atoms in total. The van der Waals surface area contributed by atoms with Gasteiger partial charge in [-0.1, -0.05) is 12.1 Å². The third kappa shape index (κ3) is 3.22. The number of benzene rings is 1. The zero-order valence-electron chi connectivity index (χ0n) is 13.1. The maximum atomic E-state index is 11.9. The second kappa shape index (κ2) is 6.36. The molecule has 2 heterocycles. The number of carbonyl (C=O) groups excluding carboxylic acids is 1. The maximum Gasteiger partial charge on any atom is 0.227 e. The van der Waals surface area contributed by atoms with Gasteiger partial charge in [0.1, 0.15) is 11.5 Å². The van der Waals surface area contributed by atoms with Crippen LogP contribution in [0.4, 0.5) is 5.69 Å². The molecule has 1 aromatic carbocycles. The minimum Gasteiger partial charge on any atom is -0.465 e. The first-order valence-electron chi connectivity index (χ1n) is 7.82. The molecule has 1 aliphatic rings. The molecule has 0 radical (unpaired) electrons. The Morgan fingerprint density at radius 2 is 2.18 bits per heavy atom. The molecule has 1 saturated heterocycles. The quantitative estimate of drug-likeness (QED) is 0.918. The molecule has 0 bridgehead atoms. The highest BCUT2D eigenvalue weighted by molar-refractivity contribution is 5.95. The fraction of sp³-hybridized carbons (Fsp3) is 0.389. The Balaban J connectivity index is 1.67. The fourth-order valence-corrected chi connectivity index (χ4v) is 2.83. The van der Waals surface area contributed by atoms with Crippen molar-refractivity contribution in [3.63, 3.8) is 0 Å². The Labute approximate surface area is 131 Å². The fourth-order valence-electron chi connectivity index (χ4n) is 2.83. The van der Waals surface area contributed by atoms with Gasteiger partial charge in [-0.25, -0.2) is 0 Å². The molecule has 1 unspecified atom stereocenters. The summed E-state index contributed by atoms with van der Waals surface area (Å²) < 4.78 is 5.57. The molecular weight excluding hydrogens is 276 g/mol. The Morgan fingerprint density at radius 3 is 2.86 bits per heavy atom. The van der Waals surface area contributed by atoms with Crippen LogP contribution < -0.4 is 10.2 Å². The molecule has 116 valence electrons. The highest BCUT2D eigenvalue weighted by Crippen LogP contribution is 2.25. The summed E-state index contributed by atoms with van der Waals surface area (Å²) in [5.74, 6) is 2.10. The Bertz CT molecular complexity index is 663. The number of nitrogens with one attached hydrogen (secondary N) is 1. The van der Waals surface area contributed by atoms with Crippen LogP contribution >= 0.6 is 0 Å². The molecule has 3 rings (SSSR count). The molecule has 1 N–H and O–H groups in total. The Kier molecular flexibility index (Phi) is 4.29. The van der Waals surface area contributed by atoms with Gasteiger partial charge in [0.25, 0.3) is 0 Å². The van der Waals surface area contributed by atoms with E-state index in [1.165, 1.54) is 5.56 Å². The number of furan rings is 1. The number of nitrogens with zero attached hydrogens (tertiary/aromatic N) is 1. The van der Waals surface area contributed by atoms with Crippen molar-refractivity contribution in [1.82, 2.24) is 5.32 Å². The van der Waals surface area contributed by atoms with Gasteiger partial charge in [-0.15, -0.1) is 0 Å². The van der Waals surface area contributed by atoms with Crippen LogP contribution in [0.25, 0.3) is 0 Å². The first-order valence-corrected chi connectivity index (χ1v) is 7.82. The zero-order valence-corrected chi connectivity index (χ0v) is 13.1. The van der Waals surface area contributed by atoms with E-state index >= 15 is 0 Å². The molecule has 1 aliphatic heterocycles. The first-order chi connectivity index (χ1) is 10.6. The summed E-state index contributed by atoms with van der Waals surface area (Å²) in [6.07, 6.45) is 1.62. The van der Waals surface area contributed by atoms with Crippen LogP contribution in [0.15, 0.2) is 40.8 Å². The Morgan fingerprint density at radius 1 is 1.32 bits per heavy atom. The van der Waals surface area contributed by atoms with Crippen LogP contribution in [-0.4, -0.2) is 12.5 Å². The van der Waals surface area contributed by atoms with Gasteiger partial charge in [0, 0.05) is 24.7 Å². The van der Waals surface area contributed by atoms with E-state index in [1.807, 2.05) is 36.1 Å². The number of aryl methyl sites for hydroxylation is 1. The highest BCUT2D eigenvalue weighted by Gasteiger charge is 2.22. The van der Waals surface area contributed by atoms with Gasteiger partial charge in [0.15, 0.2) is 0 Å². The van der Waals surface area contributed by atoms with Crippen molar-refractivity contribution in [2.45, 2.75) is 39.3 Å². The maximum absolute atomic E-state index is 11.9. The second-order valence-corrected chi connectivity index (χ2v) is 5.86. The van der Waals surface area contributed by atoms with Gasteiger partial charge in [0.2, 0.25) is 5.91 Å². The van der Waals surface area contributed by atoms with Gasteiger partial charge < -0.3 is 14.6 Å². The van der Waals surface area contributed by atoms with Crippen LogP contribution in [-0.2, 0) is 11.3 Å². The van der Waals surface area contributed by atoms with Crippen molar-refractivity contribution < 1.29 is 9.21 Å². The van der Waals surface area contributed by atoms with E-state index in [1.54, 1.807) is 0 Å². The summed E-state index contributed by atoms with van der Waals surface area (Å²) in [4.78, 5) is 13.7. The van der Waals surface area contributed by atoms with E-state index < -0.39 is 0 Å². The van der Waals surface area contributed by atoms with E-state index in [0.717, 1.165) is 30.2 Å². The average Bonchev–Trinajstić information content (AvgIpc) is 3.13. The summed E-state index contributed by atoms with van der Waals surface area (Å²) in [5.41, 5.74) is 2.18. The van der Waals surface area contributed by atoms with Crippen molar-refractivity contribution in [2.24, 2.45) is 0 Å². The lowest BCUT2D eigenvalue weighted by molar-refractivity contribution is -0.117. The lowest BCUT2D eigenvalue weighted by Gasteiger charge is -2.19. The minimum atomic E-state index is 0.197. The van der Waals surface area contributed by atoms with Gasteiger partial charge in [0.05, 0.1) is 6.54 Å². The molecule has 0 aliphatic carbocycles. The summed E-state index contributed by atoms with van der Waals surface area (Å²) >= 11 is 0. The predicted octanol–water partition coefficient (Wildman–Crippen LogP) is 3.57. The summed E-state index contributed by atoms with van der Waals surface area (Å²) in [5, 5.41) is 3.46. The zero-order chi connectivity index (χ0) is 15.5. The molecule has 1 fully saturated rings. The third-order valence-electron chi connectivity index (χ3n) is 4.13. The summed E-state index contributed by atoms with van der Waals surface area (Å²) in [7, 11) is 0. The van der Waals surface area contributed by atoms with E-state index in [2.05, 4.69) is 24.4 Å². The van der Waals surface area contributed by atoms with Crippen molar-refractivity contribution in [1.29, 1.82) is 0 Å². The van der Waals surface area contributed by atoms with Gasteiger partial charge >= 0.3 is 0 Å². The molecule has 1 aromatic heterocycles. The number of carbonyl (C=O) groups is 1. The van der Waals surface area contributed by atoms with Crippen molar-refractivity contribution in [3.05, 3.63) is 53.5 Å². The van der Waals surface area contributed by atoms with E-state index in [4.69, 9.17) is 4.42 Å². The standard InChI is InChI=1S/C18H22N2O2/c1-13-8-9-17(22-13)12-19-14(2)15-5-3-6-16(11-15)20-10-4-7-18(20)21/h3,5-6,8-9,11,14,19H,4,7,10,12H2,1-2H3. The lowest BCUT2D eigenvalue weighted by Crippen LogP contribution is -2.24. The van der Waals surface area contributed by atoms with E-state index in [0.29, 0.717) is 13.0 Å². The molecule has 0 spiro atoms. The number of anilines is 1. The van der Waals surface area contributed by atoms with E-state index in [-0.39, 0.29) is 11.9 Å². The van der Waals surface area contributed by atoms with Crippen molar-refractivity contribution in [3.8, 4) is 0 Å². The monoisotopic (exact) mass is 298 g/mol. The van der Waals surface area contributed by atoms with Crippen LogP contribution in [0.5, 0.6) is 0 Å². The van der Waals surface area contributed by atoms with Crippen LogP contribution in [0.1, 0.15) is 42.9 Å². The number of hydrogen-bond donors (Lipinski definition) is 1. The third-order valence-corrected chi connectivity index (χ3v) is 4.13. The number of rotatable bonds is 5. The normalized spacial score (nSPS) is 16.3. The predicted molar refractivity (Wildman–Crippen MR) is 86.7 cm³/mol. The molecule has 22 heavy (non-hydrogen) atoms. The smallest absolute Gasteiger partial charge is 0.227 e. The lowest BCUT2D eigenvalue weighted by atomic mass is 10.1. The van der Waals surface area contributed by atoms with Crippen LogP contribution in [0, 0.1) is 6.92 Å². The topological polar surface area (TPSA) is 45.5 Å². The van der Waals surface area contributed by atoms with Crippen LogP contribution in [0.3, 0.4) is 0 Å². The molecule has 2 aromatic rings. The van der Waals surface area contributed by atoms with Gasteiger partial charge in [-0.3, -0.25) is 4.79 Å². The molecule has 1 amide bonds. The summed E-state index contributed by atoms with van der Waals surface area (Å²) in [6.45, 7) is 5.60.